The number of aryl methyl sites for hydroxylation is 1. The lowest BCUT2D eigenvalue weighted by Crippen LogP contribution is -2.30. The van der Waals surface area contributed by atoms with Crippen molar-refractivity contribution in [3.05, 3.63) is 84.0 Å². The molecular weight excluding hydrogens is 386 g/mol. The van der Waals surface area contributed by atoms with Gasteiger partial charge >= 0.3 is 0 Å². The van der Waals surface area contributed by atoms with Crippen molar-refractivity contribution in [2.75, 3.05) is 0 Å². The van der Waals surface area contributed by atoms with Crippen molar-refractivity contribution in [1.82, 2.24) is 0 Å². The zero-order valence-corrected chi connectivity index (χ0v) is 18.6. The molecule has 0 N–H and O–H groups in total. The maximum Gasteiger partial charge on any atom is 0.166 e. The zero-order chi connectivity index (χ0) is 21.8. The molecule has 4 rings (SSSR count). The Morgan fingerprint density at radius 3 is 2.39 bits per heavy atom. The van der Waals surface area contributed by atoms with Gasteiger partial charge in [-0.3, -0.25) is 0 Å². The number of allylic oxidation sites excluding steroid dienone is 3. The van der Waals surface area contributed by atoms with Crippen LogP contribution in [-0.2, 0) is 6.42 Å². The number of benzene rings is 2. The second-order valence-electron chi connectivity index (χ2n) is 9.48. The largest absolute Gasteiger partial charge is 0.203 e. The van der Waals surface area contributed by atoms with Crippen LogP contribution in [0.1, 0.15) is 68.9 Å². The van der Waals surface area contributed by atoms with Crippen molar-refractivity contribution in [2.45, 2.75) is 64.2 Å². The number of fused-ring (bicyclic) bond motifs is 1. The van der Waals surface area contributed by atoms with Crippen LogP contribution >= 0.6 is 0 Å². The van der Waals surface area contributed by atoms with E-state index < -0.39 is 11.6 Å². The van der Waals surface area contributed by atoms with Crippen LogP contribution in [0.15, 0.2) is 61.2 Å². The van der Waals surface area contributed by atoms with Crippen molar-refractivity contribution in [3.63, 3.8) is 0 Å². The summed E-state index contributed by atoms with van der Waals surface area (Å²) >= 11 is 0. The maximum absolute atomic E-state index is 14.7. The van der Waals surface area contributed by atoms with E-state index in [1.807, 2.05) is 12.1 Å². The Morgan fingerprint density at radius 1 is 0.903 bits per heavy atom. The van der Waals surface area contributed by atoms with Gasteiger partial charge in [-0.05, 0) is 98.7 Å². The Balaban J connectivity index is 1.45. The quantitative estimate of drug-likeness (QED) is 0.410. The Morgan fingerprint density at radius 2 is 1.65 bits per heavy atom. The van der Waals surface area contributed by atoms with E-state index in [1.165, 1.54) is 44.1 Å². The molecule has 164 valence electrons. The van der Waals surface area contributed by atoms with E-state index in [4.69, 9.17) is 0 Å². The van der Waals surface area contributed by atoms with Crippen LogP contribution in [0.2, 0.25) is 0 Å². The van der Waals surface area contributed by atoms with Gasteiger partial charge in [0.1, 0.15) is 0 Å². The molecule has 2 fully saturated rings. The summed E-state index contributed by atoms with van der Waals surface area (Å²) in [7, 11) is 0. The highest BCUT2D eigenvalue weighted by molar-refractivity contribution is 5.65. The molecule has 0 nitrogen and oxygen atoms in total. The standard InChI is InChI=1S/C29H34F2/c1-3-5-7-23-16-17-27(29(31)28(23)30)22-12-10-21(11-13-22)25-15-14-24-18-20(6-4-2)8-9-26(24)19-25/h3-4,6,10-13,16-17,20,24-26H,1,5,7-9,14-15,18-19H2,2H3/b6-4+. The molecule has 2 aromatic rings. The van der Waals surface area contributed by atoms with Crippen LogP contribution < -0.4 is 0 Å². The van der Waals surface area contributed by atoms with E-state index in [2.05, 4.69) is 37.8 Å². The first-order valence-electron chi connectivity index (χ1n) is 11.9. The van der Waals surface area contributed by atoms with Gasteiger partial charge in [0, 0.05) is 5.56 Å². The van der Waals surface area contributed by atoms with Gasteiger partial charge in [-0.25, -0.2) is 8.78 Å². The zero-order valence-electron chi connectivity index (χ0n) is 18.6. The van der Waals surface area contributed by atoms with Gasteiger partial charge in [0.05, 0.1) is 0 Å². The van der Waals surface area contributed by atoms with E-state index in [-0.39, 0.29) is 0 Å². The molecule has 0 radical (unpaired) electrons. The van der Waals surface area contributed by atoms with Crippen LogP contribution in [-0.4, -0.2) is 0 Å². The van der Waals surface area contributed by atoms with Crippen molar-refractivity contribution in [2.24, 2.45) is 17.8 Å². The minimum absolute atomic E-state index is 0.345. The Labute approximate surface area is 186 Å². The lowest BCUT2D eigenvalue weighted by molar-refractivity contribution is 0.133. The van der Waals surface area contributed by atoms with Crippen molar-refractivity contribution in [1.29, 1.82) is 0 Å². The Kier molecular flexibility index (Phi) is 7.05. The molecule has 4 atom stereocenters. The third-order valence-corrected chi connectivity index (χ3v) is 7.59. The molecule has 4 unspecified atom stereocenters. The second kappa shape index (κ2) is 9.94. The number of halogens is 2. The highest BCUT2D eigenvalue weighted by Crippen LogP contribution is 2.48. The smallest absolute Gasteiger partial charge is 0.166 e. The minimum atomic E-state index is -0.743. The predicted octanol–water partition coefficient (Wildman–Crippen LogP) is 8.63. The van der Waals surface area contributed by atoms with Crippen LogP contribution in [0.25, 0.3) is 11.1 Å². The summed E-state index contributed by atoms with van der Waals surface area (Å²) in [6.45, 7) is 5.78. The van der Waals surface area contributed by atoms with Crippen LogP contribution in [0.5, 0.6) is 0 Å². The number of hydrogen-bond donors (Lipinski definition) is 0. The molecule has 0 heterocycles. The second-order valence-corrected chi connectivity index (χ2v) is 9.48. The summed E-state index contributed by atoms with van der Waals surface area (Å²) in [6.07, 6.45) is 15.3. The minimum Gasteiger partial charge on any atom is -0.203 e. The summed E-state index contributed by atoms with van der Waals surface area (Å²) in [6, 6.07) is 11.6. The molecule has 0 aromatic heterocycles. The molecule has 2 heteroatoms. The summed E-state index contributed by atoms with van der Waals surface area (Å²) < 4.78 is 29.2. The lowest BCUT2D eigenvalue weighted by Gasteiger charge is -2.41. The number of rotatable bonds is 6. The van der Waals surface area contributed by atoms with E-state index >= 15 is 0 Å². The van der Waals surface area contributed by atoms with Gasteiger partial charge < -0.3 is 0 Å². The monoisotopic (exact) mass is 420 g/mol. The van der Waals surface area contributed by atoms with Crippen molar-refractivity contribution in [3.8, 4) is 11.1 Å². The molecule has 31 heavy (non-hydrogen) atoms. The summed E-state index contributed by atoms with van der Waals surface area (Å²) in [5.41, 5.74) is 2.85. The van der Waals surface area contributed by atoms with E-state index in [1.54, 1.807) is 18.2 Å². The molecule has 2 aromatic carbocycles. The lowest BCUT2D eigenvalue weighted by atomic mass is 9.64. The molecule has 0 amide bonds. The van der Waals surface area contributed by atoms with E-state index in [9.17, 15) is 8.78 Å². The summed E-state index contributed by atoms with van der Waals surface area (Å²) in [5, 5.41) is 0. The van der Waals surface area contributed by atoms with E-state index in [0.29, 0.717) is 29.9 Å². The predicted molar refractivity (Wildman–Crippen MR) is 126 cm³/mol. The SMILES string of the molecule is C=CCCc1ccc(-c2ccc(C3CCC4CC(/C=C/C)CCC4C3)cc2)c(F)c1F. The Bertz CT molecular complexity index is 924. The van der Waals surface area contributed by atoms with Crippen LogP contribution in [0, 0.1) is 29.4 Å². The maximum atomic E-state index is 14.7. The van der Waals surface area contributed by atoms with Crippen molar-refractivity contribution >= 4 is 0 Å². The summed E-state index contributed by atoms with van der Waals surface area (Å²) in [4.78, 5) is 0. The highest BCUT2D eigenvalue weighted by atomic mass is 19.2. The molecular formula is C29H34F2. The molecule has 2 aliphatic rings. The topological polar surface area (TPSA) is 0 Å². The first-order valence-corrected chi connectivity index (χ1v) is 11.9. The average Bonchev–Trinajstić information content (AvgIpc) is 2.80. The molecule has 0 aliphatic heterocycles. The third kappa shape index (κ3) is 4.84. The van der Waals surface area contributed by atoms with Crippen LogP contribution in [0.3, 0.4) is 0 Å². The van der Waals surface area contributed by atoms with Crippen molar-refractivity contribution < 1.29 is 8.78 Å². The summed E-state index contributed by atoms with van der Waals surface area (Å²) in [5.74, 6) is 1.62. The van der Waals surface area contributed by atoms with Gasteiger partial charge in [0.15, 0.2) is 11.6 Å². The molecule has 2 aliphatic carbocycles. The van der Waals surface area contributed by atoms with Gasteiger partial charge in [0.25, 0.3) is 0 Å². The first-order chi connectivity index (χ1) is 15.1. The molecule has 0 saturated heterocycles. The first kappa shape index (κ1) is 22.0. The Hall–Kier alpha value is -2.22. The fourth-order valence-electron chi connectivity index (χ4n) is 5.87. The normalized spacial score (nSPS) is 26.0. The molecule has 2 saturated carbocycles. The third-order valence-electron chi connectivity index (χ3n) is 7.59. The number of hydrogen-bond acceptors (Lipinski definition) is 0. The van der Waals surface area contributed by atoms with Gasteiger partial charge in [0.2, 0.25) is 0 Å². The van der Waals surface area contributed by atoms with E-state index in [0.717, 1.165) is 23.3 Å². The molecule has 0 spiro atoms. The van der Waals surface area contributed by atoms with Gasteiger partial charge in [-0.15, -0.1) is 6.58 Å². The molecule has 0 bridgehead atoms. The van der Waals surface area contributed by atoms with Gasteiger partial charge in [-0.2, -0.15) is 0 Å². The fourth-order valence-corrected chi connectivity index (χ4v) is 5.87. The fraction of sp³-hybridized carbons (Fsp3) is 0.448. The highest BCUT2D eigenvalue weighted by Gasteiger charge is 2.35. The van der Waals surface area contributed by atoms with Crippen LogP contribution in [0.4, 0.5) is 8.78 Å². The van der Waals surface area contributed by atoms with Gasteiger partial charge in [-0.1, -0.05) is 54.6 Å². The average molecular weight is 421 g/mol.